The molecule has 0 aromatic heterocycles. The summed E-state index contributed by atoms with van der Waals surface area (Å²) in [5, 5.41) is 3.31. The lowest BCUT2D eigenvalue weighted by molar-refractivity contribution is -0.162. The summed E-state index contributed by atoms with van der Waals surface area (Å²) in [7, 11) is 0. The lowest BCUT2D eigenvalue weighted by atomic mass is 9.78. The third-order valence-electron chi connectivity index (χ3n) is 3.59. The molecule has 2 atom stereocenters. The second kappa shape index (κ2) is 6.24. The molecule has 0 bridgehead atoms. The second-order valence-corrected chi connectivity index (χ2v) is 4.92. The first-order valence-corrected chi connectivity index (χ1v) is 6.56. The van der Waals surface area contributed by atoms with Crippen molar-refractivity contribution in [3.63, 3.8) is 0 Å². The molecule has 0 amide bonds. The first-order valence-electron chi connectivity index (χ1n) is 6.56. The predicted molar refractivity (Wildman–Crippen MR) is 65.3 cm³/mol. The Morgan fingerprint density at radius 3 is 2.75 bits per heavy atom. The van der Waals surface area contributed by atoms with Crippen LogP contribution in [0, 0.1) is 5.41 Å². The Balaban J connectivity index is 2.54. The molecule has 0 spiro atoms. The third kappa shape index (κ3) is 3.21. The summed E-state index contributed by atoms with van der Waals surface area (Å²) in [5.41, 5.74) is -0.264. The standard InChI is InChI=1S/C13H25NO2/c1-4-7-11(3)16-12(15)13(5-2)8-6-9-14-10-13/h11,14H,4-10H2,1-3H3. The number of piperidine rings is 1. The van der Waals surface area contributed by atoms with E-state index < -0.39 is 0 Å². The fraction of sp³-hybridized carbons (Fsp3) is 0.923. The fourth-order valence-corrected chi connectivity index (χ4v) is 2.36. The monoisotopic (exact) mass is 227 g/mol. The molecule has 3 nitrogen and oxygen atoms in total. The van der Waals surface area contributed by atoms with E-state index in [1.54, 1.807) is 0 Å². The van der Waals surface area contributed by atoms with Gasteiger partial charge >= 0.3 is 5.97 Å². The topological polar surface area (TPSA) is 38.3 Å². The fourth-order valence-electron chi connectivity index (χ4n) is 2.36. The van der Waals surface area contributed by atoms with Crippen LogP contribution in [0.3, 0.4) is 0 Å². The van der Waals surface area contributed by atoms with Crippen molar-refractivity contribution < 1.29 is 9.53 Å². The first kappa shape index (κ1) is 13.5. The van der Waals surface area contributed by atoms with Crippen molar-refractivity contribution in [3.05, 3.63) is 0 Å². The minimum Gasteiger partial charge on any atom is -0.462 e. The Labute approximate surface area is 98.9 Å². The highest BCUT2D eigenvalue weighted by Crippen LogP contribution is 2.32. The summed E-state index contributed by atoms with van der Waals surface area (Å²) < 4.78 is 5.55. The summed E-state index contributed by atoms with van der Waals surface area (Å²) in [4.78, 5) is 12.2. The van der Waals surface area contributed by atoms with Gasteiger partial charge in [-0.2, -0.15) is 0 Å². The van der Waals surface area contributed by atoms with Gasteiger partial charge in [-0.3, -0.25) is 4.79 Å². The maximum absolute atomic E-state index is 12.2. The summed E-state index contributed by atoms with van der Waals surface area (Å²) in [6.07, 6.45) is 4.99. The Morgan fingerprint density at radius 1 is 1.50 bits per heavy atom. The highest BCUT2D eigenvalue weighted by Gasteiger charge is 2.39. The Bertz CT molecular complexity index is 222. The second-order valence-electron chi connectivity index (χ2n) is 4.92. The molecule has 0 radical (unpaired) electrons. The highest BCUT2D eigenvalue weighted by atomic mass is 16.5. The summed E-state index contributed by atoms with van der Waals surface area (Å²) in [6, 6.07) is 0. The van der Waals surface area contributed by atoms with Gasteiger partial charge in [0, 0.05) is 6.54 Å². The van der Waals surface area contributed by atoms with Crippen molar-refractivity contribution in [2.75, 3.05) is 13.1 Å². The van der Waals surface area contributed by atoms with E-state index in [1.807, 2.05) is 6.92 Å². The Kier molecular flexibility index (Phi) is 5.26. The van der Waals surface area contributed by atoms with Crippen molar-refractivity contribution in [1.82, 2.24) is 5.32 Å². The van der Waals surface area contributed by atoms with Crippen LogP contribution in [0.1, 0.15) is 52.9 Å². The lowest BCUT2D eigenvalue weighted by Crippen LogP contribution is -2.46. The van der Waals surface area contributed by atoms with Gasteiger partial charge in [0.05, 0.1) is 11.5 Å². The number of hydrogen-bond donors (Lipinski definition) is 1. The van der Waals surface area contributed by atoms with Gasteiger partial charge in [0.2, 0.25) is 0 Å². The maximum Gasteiger partial charge on any atom is 0.313 e. The van der Waals surface area contributed by atoms with Crippen LogP contribution in [-0.2, 0) is 9.53 Å². The van der Waals surface area contributed by atoms with Gasteiger partial charge in [0.1, 0.15) is 0 Å². The van der Waals surface area contributed by atoms with Gasteiger partial charge in [-0.15, -0.1) is 0 Å². The van der Waals surface area contributed by atoms with E-state index in [2.05, 4.69) is 19.2 Å². The molecular formula is C13H25NO2. The molecule has 0 aliphatic carbocycles. The zero-order valence-corrected chi connectivity index (χ0v) is 10.8. The molecule has 1 rings (SSSR count). The van der Waals surface area contributed by atoms with Gasteiger partial charge in [0.25, 0.3) is 0 Å². The normalized spacial score (nSPS) is 27.4. The van der Waals surface area contributed by atoms with E-state index in [0.717, 1.165) is 45.2 Å². The number of esters is 1. The Morgan fingerprint density at radius 2 is 2.25 bits per heavy atom. The van der Waals surface area contributed by atoms with Crippen molar-refractivity contribution in [2.45, 2.75) is 59.0 Å². The minimum absolute atomic E-state index is 0.00292. The minimum atomic E-state index is -0.264. The number of carbonyl (C=O) groups excluding carboxylic acids is 1. The molecule has 16 heavy (non-hydrogen) atoms. The van der Waals surface area contributed by atoms with Crippen molar-refractivity contribution in [2.24, 2.45) is 5.41 Å². The number of carbonyl (C=O) groups is 1. The van der Waals surface area contributed by atoms with Crippen LogP contribution >= 0.6 is 0 Å². The largest absolute Gasteiger partial charge is 0.462 e. The molecular weight excluding hydrogens is 202 g/mol. The van der Waals surface area contributed by atoms with Crippen molar-refractivity contribution >= 4 is 5.97 Å². The van der Waals surface area contributed by atoms with Crippen LogP contribution < -0.4 is 5.32 Å². The molecule has 0 aromatic rings. The van der Waals surface area contributed by atoms with Crippen LogP contribution in [0.5, 0.6) is 0 Å². The van der Waals surface area contributed by atoms with Crippen molar-refractivity contribution in [3.8, 4) is 0 Å². The van der Waals surface area contributed by atoms with Gasteiger partial charge in [-0.25, -0.2) is 0 Å². The van der Waals surface area contributed by atoms with Gasteiger partial charge in [-0.05, 0) is 39.2 Å². The molecule has 1 saturated heterocycles. The molecule has 94 valence electrons. The van der Waals surface area contributed by atoms with Crippen LogP contribution in [0.25, 0.3) is 0 Å². The Hall–Kier alpha value is -0.570. The number of rotatable bonds is 5. The maximum atomic E-state index is 12.2. The quantitative estimate of drug-likeness (QED) is 0.733. The van der Waals surface area contributed by atoms with E-state index >= 15 is 0 Å². The zero-order chi connectivity index (χ0) is 12.0. The molecule has 1 heterocycles. The van der Waals surface area contributed by atoms with E-state index in [-0.39, 0.29) is 17.5 Å². The molecule has 3 heteroatoms. The average Bonchev–Trinajstić information content (AvgIpc) is 2.30. The molecule has 1 fully saturated rings. The van der Waals surface area contributed by atoms with Gasteiger partial charge < -0.3 is 10.1 Å². The summed E-state index contributed by atoms with van der Waals surface area (Å²) in [5.74, 6) is 0.00292. The summed E-state index contributed by atoms with van der Waals surface area (Å²) >= 11 is 0. The predicted octanol–water partition coefficient (Wildman–Crippen LogP) is 2.50. The molecule has 1 N–H and O–H groups in total. The SMILES string of the molecule is CCCC(C)OC(=O)C1(CC)CCCNC1. The average molecular weight is 227 g/mol. The number of nitrogens with one attached hydrogen (secondary N) is 1. The zero-order valence-electron chi connectivity index (χ0n) is 10.8. The highest BCUT2D eigenvalue weighted by molar-refractivity contribution is 5.77. The number of ether oxygens (including phenoxy) is 1. The number of hydrogen-bond acceptors (Lipinski definition) is 3. The molecule has 0 saturated carbocycles. The van der Waals surface area contributed by atoms with Crippen LogP contribution in [0.2, 0.25) is 0 Å². The molecule has 1 aliphatic rings. The van der Waals surface area contributed by atoms with Crippen LogP contribution in [-0.4, -0.2) is 25.2 Å². The van der Waals surface area contributed by atoms with E-state index in [9.17, 15) is 4.79 Å². The van der Waals surface area contributed by atoms with Crippen LogP contribution in [0.4, 0.5) is 0 Å². The third-order valence-corrected chi connectivity index (χ3v) is 3.59. The molecule has 2 unspecified atom stereocenters. The molecule has 0 aromatic carbocycles. The van der Waals surface area contributed by atoms with E-state index in [1.165, 1.54) is 0 Å². The van der Waals surface area contributed by atoms with Gasteiger partial charge in [-0.1, -0.05) is 20.3 Å². The molecule has 1 aliphatic heterocycles. The van der Waals surface area contributed by atoms with E-state index in [4.69, 9.17) is 4.74 Å². The van der Waals surface area contributed by atoms with Gasteiger partial charge in [0.15, 0.2) is 0 Å². The summed E-state index contributed by atoms with van der Waals surface area (Å²) in [6.45, 7) is 7.99. The van der Waals surface area contributed by atoms with Crippen molar-refractivity contribution in [1.29, 1.82) is 0 Å². The van der Waals surface area contributed by atoms with Crippen LogP contribution in [0.15, 0.2) is 0 Å². The first-order chi connectivity index (χ1) is 7.64. The van der Waals surface area contributed by atoms with E-state index in [0.29, 0.717) is 0 Å². The lowest BCUT2D eigenvalue weighted by Gasteiger charge is -2.35. The smallest absolute Gasteiger partial charge is 0.313 e.